The smallest absolute Gasteiger partial charge is 0.269 e. The van der Waals surface area contributed by atoms with Gasteiger partial charge in [0.1, 0.15) is 11.6 Å². The van der Waals surface area contributed by atoms with Crippen LogP contribution < -0.4 is 16.0 Å². The second kappa shape index (κ2) is 7.82. The molecule has 2 aromatic carbocycles. The first-order chi connectivity index (χ1) is 14.5. The molecule has 0 saturated carbocycles. The summed E-state index contributed by atoms with van der Waals surface area (Å²) >= 11 is 0. The van der Waals surface area contributed by atoms with Gasteiger partial charge in [-0.2, -0.15) is 19.7 Å². The van der Waals surface area contributed by atoms with Crippen molar-refractivity contribution >= 4 is 28.4 Å². The van der Waals surface area contributed by atoms with Crippen molar-refractivity contribution in [2.45, 2.75) is 13.5 Å². The number of carbonyl (C=O) groups is 1. The van der Waals surface area contributed by atoms with Crippen molar-refractivity contribution < 1.29 is 4.79 Å². The number of hydrogen-bond acceptors (Lipinski definition) is 6. The lowest BCUT2D eigenvalue weighted by molar-refractivity contribution is 0.0996. The van der Waals surface area contributed by atoms with E-state index in [1.54, 1.807) is 4.68 Å². The highest BCUT2D eigenvalue weighted by atomic mass is 16.1. The van der Waals surface area contributed by atoms with Gasteiger partial charge in [-0.05, 0) is 18.6 Å². The SMILES string of the molecule is Cc1c(NCc2ccccc2)nc(-n2nc(C(N)=O)c3ccccc32)nc1N(C)C. The van der Waals surface area contributed by atoms with E-state index in [9.17, 15) is 4.79 Å². The third-order valence-electron chi connectivity index (χ3n) is 4.84. The average Bonchev–Trinajstić information content (AvgIpc) is 3.14. The molecule has 8 nitrogen and oxygen atoms in total. The summed E-state index contributed by atoms with van der Waals surface area (Å²) in [6.45, 7) is 2.60. The second-order valence-corrected chi connectivity index (χ2v) is 7.20. The van der Waals surface area contributed by atoms with E-state index in [4.69, 9.17) is 15.7 Å². The highest BCUT2D eigenvalue weighted by molar-refractivity contribution is 6.04. The lowest BCUT2D eigenvalue weighted by Crippen LogP contribution is -2.18. The quantitative estimate of drug-likeness (QED) is 0.515. The molecule has 30 heavy (non-hydrogen) atoms. The summed E-state index contributed by atoms with van der Waals surface area (Å²) in [7, 11) is 3.85. The number of carbonyl (C=O) groups excluding carboxylic acids is 1. The topological polar surface area (TPSA) is 102 Å². The molecule has 8 heteroatoms. The summed E-state index contributed by atoms with van der Waals surface area (Å²) < 4.78 is 1.57. The van der Waals surface area contributed by atoms with Gasteiger partial charge in [0.2, 0.25) is 0 Å². The molecule has 1 amide bonds. The third-order valence-corrected chi connectivity index (χ3v) is 4.84. The van der Waals surface area contributed by atoms with Gasteiger partial charge in [-0.15, -0.1) is 0 Å². The largest absolute Gasteiger partial charge is 0.366 e. The van der Waals surface area contributed by atoms with E-state index in [0.29, 0.717) is 29.2 Å². The van der Waals surface area contributed by atoms with Crippen molar-refractivity contribution in [3.63, 3.8) is 0 Å². The third kappa shape index (κ3) is 3.55. The number of nitrogens with zero attached hydrogens (tertiary/aromatic N) is 5. The minimum Gasteiger partial charge on any atom is -0.366 e. The Morgan fingerprint density at radius 1 is 1.07 bits per heavy atom. The van der Waals surface area contributed by atoms with Crippen LogP contribution in [0.5, 0.6) is 0 Å². The Balaban J connectivity index is 1.83. The lowest BCUT2D eigenvalue weighted by atomic mass is 10.2. The highest BCUT2D eigenvalue weighted by Crippen LogP contribution is 2.26. The predicted molar refractivity (Wildman–Crippen MR) is 118 cm³/mol. The molecular formula is C22H23N7O. The lowest BCUT2D eigenvalue weighted by Gasteiger charge is -2.19. The molecule has 4 aromatic rings. The Bertz CT molecular complexity index is 1220. The molecule has 0 unspecified atom stereocenters. The normalized spacial score (nSPS) is 10.9. The molecule has 0 fully saturated rings. The standard InChI is InChI=1S/C22H23N7O/c1-14-20(24-13-15-9-5-4-6-10-15)25-22(26-21(14)28(2)3)29-17-12-8-7-11-16(17)18(27-29)19(23)30/h4-12H,13H2,1-3H3,(H2,23,30)(H,24,25,26). The fourth-order valence-corrected chi connectivity index (χ4v) is 3.38. The van der Waals surface area contributed by atoms with Crippen LogP contribution in [0, 0.1) is 6.92 Å². The van der Waals surface area contributed by atoms with Gasteiger partial charge in [-0.3, -0.25) is 4.79 Å². The van der Waals surface area contributed by atoms with Gasteiger partial charge in [0.15, 0.2) is 5.69 Å². The zero-order valence-corrected chi connectivity index (χ0v) is 17.1. The highest BCUT2D eigenvalue weighted by Gasteiger charge is 2.19. The molecule has 0 radical (unpaired) electrons. The monoisotopic (exact) mass is 401 g/mol. The maximum atomic E-state index is 11.9. The van der Waals surface area contributed by atoms with Crippen molar-refractivity contribution in [1.82, 2.24) is 19.7 Å². The van der Waals surface area contributed by atoms with Crippen molar-refractivity contribution in [3.05, 3.63) is 71.4 Å². The van der Waals surface area contributed by atoms with Crippen molar-refractivity contribution in [2.24, 2.45) is 5.73 Å². The van der Waals surface area contributed by atoms with Gasteiger partial charge in [0.05, 0.1) is 5.52 Å². The Kier molecular flexibility index (Phi) is 5.05. The number of benzene rings is 2. The van der Waals surface area contributed by atoms with Crippen LogP contribution in [0.3, 0.4) is 0 Å². The molecule has 0 atom stereocenters. The van der Waals surface area contributed by atoms with Crippen LogP contribution in [0.2, 0.25) is 0 Å². The number of para-hydroxylation sites is 1. The number of anilines is 2. The van der Waals surface area contributed by atoms with E-state index in [0.717, 1.165) is 16.9 Å². The number of aromatic nitrogens is 4. The molecule has 0 bridgehead atoms. The fraction of sp³-hybridized carbons (Fsp3) is 0.182. The molecule has 0 aliphatic rings. The Hall–Kier alpha value is -3.94. The fourth-order valence-electron chi connectivity index (χ4n) is 3.38. The number of fused-ring (bicyclic) bond motifs is 1. The molecule has 152 valence electrons. The van der Waals surface area contributed by atoms with Crippen LogP contribution in [0.25, 0.3) is 16.9 Å². The Morgan fingerprint density at radius 2 is 1.77 bits per heavy atom. The molecule has 2 aromatic heterocycles. The summed E-state index contributed by atoms with van der Waals surface area (Å²) in [4.78, 5) is 23.3. The average molecular weight is 401 g/mol. The first-order valence-corrected chi connectivity index (χ1v) is 9.57. The van der Waals surface area contributed by atoms with Crippen LogP contribution in [-0.2, 0) is 6.54 Å². The minimum absolute atomic E-state index is 0.194. The minimum atomic E-state index is -0.590. The molecule has 3 N–H and O–H groups in total. The molecule has 0 aliphatic heterocycles. The van der Waals surface area contributed by atoms with Crippen LogP contribution in [0.4, 0.5) is 11.6 Å². The number of amides is 1. The van der Waals surface area contributed by atoms with Gasteiger partial charge >= 0.3 is 0 Å². The predicted octanol–water partition coefficient (Wildman–Crippen LogP) is 2.90. The summed E-state index contributed by atoms with van der Waals surface area (Å²) in [6, 6.07) is 17.5. The van der Waals surface area contributed by atoms with E-state index in [2.05, 4.69) is 22.5 Å². The van der Waals surface area contributed by atoms with E-state index in [1.165, 1.54) is 0 Å². The molecule has 0 spiro atoms. The second-order valence-electron chi connectivity index (χ2n) is 7.20. The van der Waals surface area contributed by atoms with Crippen LogP contribution in [-0.4, -0.2) is 39.8 Å². The van der Waals surface area contributed by atoms with Crippen molar-refractivity contribution in [3.8, 4) is 5.95 Å². The number of rotatable bonds is 6. The Morgan fingerprint density at radius 3 is 2.47 bits per heavy atom. The van der Waals surface area contributed by atoms with Crippen molar-refractivity contribution in [2.75, 3.05) is 24.3 Å². The van der Waals surface area contributed by atoms with Gasteiger partial charge in [0, 0.05) is 31.6 Å². The van der Waals surface area contributed by atoms with Crippen LogP contribution in [0.1, 0.15) is 21.6 Å². The van der Waals surface area contributed by atoms with E-state index in [-0.39, 0.29) is 5.69 Å². The summed E-state index contributed by atoms with van der Waals surface area (Å²) in [5, 5.41) is 8.49. The number of hydrogen-bond donors (Lipinski definition) is 2. The zero-order valence-electron chi connectivity index (χ0n) is 17.1. The zero-order chi connectivity index (χ0) is 21.3. The summed E-state index contributed by atoms with van der Waals surface area (Å²) in [5.41, 5.74) is 8.52. The van der Waals surface area contributed by atoms with Gasteiger partial charge in [0.25, 0.3) is 11.9 Å². The summed E-state index contributed by atoms with van der Waals surface area (Å²) in [5.74, 6) is 1.24. The molecule has 0 aliphatic carbocycles. The Labute approximate surface area is 174 Å². The van der Waals surface area contributed by atoms with Crippen LogP contribution >= 0.6 is 0 Å². The summed E-state index contributed by atoms with van der Waals surface area (Å²) in [6.07, 6.45) is 0. The van der Waals surface area contributed by atoms with E-state index >= 15 is 0 Å². The van der Waals surface area contributed by atoms with E-state index in [1.807, 2.05) is 68.4 Å². The molecule has 0 saturated heterocycles. The van der Waals surface area contributed by atoms with E-state index < -0.39 is 5.91 Å². The van der Waals surface area contributed by atoms with Gasteiger partial charge < -0.3 is 16.0 Å². The van der Waals surface area contributed by atoms with Gasteiger partial charge in [-0.1, -0.05) is 48.5 Å². The molecule has 2 heterocycles. The number of primary amides is 1. The maximum Gasteiger partial charge on any atom is 0.269 e. The number of nitrogens with two attached hydrogens (primary N) is 1. The first kappa shape index (κ1) is 19.4. The first-order valence-electron chi connectivity index (χ1n) is 9.57. The van der Waals surface area contributed by atoms with Crippen molar-refractivity contribution in [1.29, 1.82) is 0 Å². The van der Waals surface area contributed by atoms with Gasteiger partial charge in [-0.25, -0.2) is 0 Å². The number of nitrogens with one attached hydrogen (secondary N) is 1. The maximum absolute atomic E-state index is 11.9. The molecular weight excluding hydrogens is 378 g/mol. The van der Waals surface area contributed by atoms with Crippen LogP contribution in [0.15, 0.2) is 54.6 Å². The molecule has 4 rings (SSSR count).